The Bertz CT molecular complexity index is 1200. The zero-order valence-corrected chi connectivity index (χ0v) is 20.1. The minimum atomic E-state index is -4.47. The molecule has 0 radical (unpaired) electrons. The number of sulfonamides is 1. The molecule has 0 aliphatic rings. The molecular weight excluding hydrogens is 523 g/mol. The predicted molar refractivity (Wildman–Crippen MR) is 123 cm³/mol. The Morgan fingerprint density at radius 2 is 1.79 bits per heavy atom. The SMILES string of the molecule is CCN(Cc1ccc(OC)cc1)S(=O)(=O)c1ccc(Nc2ccc(C(F)(F)F)cn2)c(Br)c1. The van der Waals surface area contributed by atoms with Crippen molar-refractivity contribution >= 4 is 37.5 Å². The number of pyridine rings is 1. The number of anilines is 2. The lowest BCUT2D eigenvalue weighted by molar-refractivity contribution is -0.137. The lowest BCUT2D eigenvalue weighted by Crippen LogP contribution is -2.30. The molecule has 0 saturated carbocycles. The number of halogens is 4. The van der Waals surface area contributed by atoms with E-state index >= 15 is 0 Å². The van der Waals surface area contributed by atoms with Gasteiger partial charge in [-0.05, 0) is 64.0 Å². The van der Waals surface area contributed by atoms with Crippen LogP contribution in [-0.2, 0) is 22.7 Å². The summed E-state index contributed by atoms with van der Waals surface area (Å²) in [6, 6.07) is 13.7. The fraction of sp³-hybridized carbons (Fsp3) is 0.227. The molecule has 0 saturated heterocycles. The highest BCUT2D eigenvalue weighted by Gasteiger charge is 2.30. The Morgan fingerprint density at radius 1 is 1.09 bits per heavy atom. The van der Waals surface area contributed by atoms with Crippen LogP contribution in [0.5, 0.6) is 5.75 Å². The standard InChI is InChI=1S/C22H21BrF3N3O3S/c1-3-29(14-15-4-7-17(32-2)8-5-15)33(30,31)18-9-10-20(19(23)12-18)28-21-11-6-16(13-27-21)22(24,25)26/h4-13H,3,14H2,1-2H3,(H,27,28). The highest BCUT2D eigenvalue weighted by molar-refractivity contribution is 9.10. The number of benzene rings is 2. The normalized spacial score (nSPS) is 12.1. The van der Waals surface area contributed by atoms with Gasteiger partial charge in [0.15, 0.2) is 0 Å². The summed E-state index contributed by atoms with van der Waals surface area (Å²) < 4.78 is 71.4. The van der Waals surface area contributed by atoms with Crippen LogP contribution in [0.25, 0.3) is 0 Å². The molecule has 0 atom stereocenters. The van der Waals surface area contributed by atoms with Crippen LogP contribution in [0, 0.1) is 0 Å². The Kier molecular flexibility index (Phi) is 7.65. The average molecular weight is 544 g/mol. The first kappa shape index (κ1) is 25.0. The van der Waals surface area contributed by atoms with E-state index in [0.29, 0.717) is 15.9 Å². The number of methoxy groups -OCH3 is 1. The molecule has 0 amide bonds. The van der Waals surface area contributed by atoms with E-state index in [1.54, 1.807) is 38.3 Å². The van der Waals surface area contributed by atoms with Crippen LogP contribution in [0.15, 0.2) is 70.2 Å². The molecule has 1 N–H and O–H groups in total. The molecule has 2 aromatic carbocycles. The van der Waals surface area contributed by atoms with Crippen LogP contribution in [0.1, 0.15) is 18.1 Å². The van der Waals surface area contributed by atoms with Gasteiger partial charge in [0.1, 0.15) is 11.6 Å². The van der Waals surface area contributed by atoms with Gasteiger partial charge in [-0.25, -0.2) is 13.4 Å². The summed E-state index contributed by atoms with van der Waals surface area (Å²) in [5.41, 5.74) is 0.413. The molecule has 0 fully saturated rings. The second-order valence-corrected chi connectivity index (χ2v) is 9.77. The van der Waals surface area contributed by atoms with Gasteiger partial charge >= 0.3 is 6.18 Å². The van der Waals surface area contributed by atoms with Crippen LogP contribution < -0.4 is 10.1 Å². The first-order valence-electron chi connectivity index (χ1n) is 9.77. The summed E-state index contributed by atoms with van der Waals surface area (Å²) in [7, 11) is -2.24. The molecule has 6 nitrogen and oxygen atoms in total. The molecule has 11 heteroatoms. The maximum atomic E-state index is 13.2. The molecule has 0 unspecified atom stereocenters. The van der Waals surface area contributed by atoms with Gasteiger partial charge in [0.05, 0.1) is 23.3 Å². The molecule has 1 aromatic heterocycles. The van der Waals surface area contributed by atoms with E-state index in [2.05, 4.69) is 26.2 Å². The van der Waals surface area contributed by atoms with Crippen LogP contribution in [0.2, 0.25) is 0 Å². The van der Waals surface area contributed by atoms with Gasteiger partial charge in [0.25, 0.3) is 0 Å². The Morgan fingerprint density at radius 3 is 2.30 bits per heavy atom. The summed E-state index contributed by atoms with van der Waals surface area (Å²) >= 11 is 3.33. The van der Waals surface area contributed by atoms with Crippen molar-refractivity contribution in [2.24, 2.45) is 0 Å². The summed E-state index contributed by atoms with van der Waals surface area (Å²) in [5, 5.41) is 2.88. The predicted octanol–water partition coefficient (Wildman–Crippen LogP) is 5.83. The Balaban J connectivity index is 1.78. The number of ether oxygens (including phenoxy) is 1. The van der Waals surface area contributed by atoms with Crippen molar-refractivity contribution in [1.29, 1.82) is 0 Å². The van der Waals surface area contributed by atoms with Crippen molar-refractivity contribution in [3.05, 3.63) is 76.4 Å². The van der Waals surface area contributed by atoms with Crippen LogP contribution in [0.3, 0.4) is 0 Å². The molecule has 1 heterocycles. The molecular formula is C22H21BrF3N3O3S. The van der Waals surface area contributed by atoms with E-state index in [-0.39, 0.29) is 23.8 Å². The van der Waals surface area contributed by atoms with E-state index < -0.39 is 21.8 Å². The molecule has 3 rings (SSSR count). The van der Waals surface area contributed by atoms with Crippen molar-refractivity contribution in [2.45, 2.75) is 24.5 Å². The number of hydrogen-bond donors (Lipinski definition) is 1. The molecule has 0 bridgehead atoms. The third-order valence-electron chi connectivity index (χ3n) is 4.80. The maximum absolute atomic E-state index is 13.2. The lowest BCUT2D eigenvalue weighted by atomic mass is 10.2. The van der Waals surface area contributed by atoms with Crippen molar-refractivity contribution in [3.63, 3.8) is 0 Å². The molecule has 33 heavy (non-hydrogen) atoms. The first-order chi connectivity index (χ1) is 15.5. The van der Waals surface area contributed by atoms with Gasteiger partial charge < -0.3 is 10.1 Å². The molecule has 0 aliphatic carbocycles. The van der Waals surface area contributed by atoms with Crippen molar-refractivity contribution < 1.29 is 26.3 Å². The fourth-order valence-corrected chi connectivity index (χ4v) is 5.07. The largest absolute Gasteiger partial charge is 0.497 e. The number of nitrogens with zero attached hydrogens (tertiary/aromatic N) is 2. The number of aromatic nitrogens is 1. The number of rotatable bonds is 8. The number of alkyl halides is 3. The molecule has 0 spiro atoms. The molecule has 3 aromatic rings. The van der Waals surface area contributed by atoms with Crippen molar-refractivity contribution in [3.8, 4) is 5.75 Å². The van der Waals surface area contributed by atoms with E-state index in [4.69, 9.17) is 4.74 Å². The third kappa shape index (κ3) is 6.04. The second kappa shape index (κ2) is 10.1. The van der Waals surface area contributed by atoms with E-state index in [9.17, 15) is 21.6 Å². The topological polar surface area (TPSA) is 71.5 Å². The smallest absolute Gasteiger partial charge is 0.417 e. The van der Waals surface area contributed by atoms with Crippen molar-refractivity contribution in [1.82, 2.24) is 9.29 Å². The van der Waals surface area contributed by atoms with Crippen LogP contribution in [0.4, 0.5) is 24.7 Å². The quantitative estimate of drug-likeness (QED) is 0.387. The summed E-state index contributed by atoms with van der Waals surface area (Å²) in [4.78, 5) is 3.85. The van der Waals surface area contributed by atoms with Gasteiger partial charge in [0, 0.05) is 23.8 Å². The summed E-state index contributed by atoms with van der Waals surface area (Å²) in [5.74, 6) is 0.869. The van der Waals surface area contributed by atoms with Gasteiger partial charge in [-0.1, -0.05) is 19.1 Å². The van der Waals surface area contributed by atoms with E-state index in [0.717, 1.165) is 17.8 Å². The second-order valence-electron chi connectivity index (χ2n) is 6.98. The Hall–Kier alpha value is -2.63. The van der Waals surface area contributed by atoms with Crippen LogP contribution >= 0.6 is 15.9 Å². The highest BCUT2D eigenvalue weighted by atomic mass is 79.9. The minimum Gasteiger partial charge on any atom is -0.497 e. The highest BCUT2D eigenvalue weighted by Crippen LogP contribution is 2.32. The average Bonchev–Trinajstić information content (AvgIpc) is 2.78. The van der Waals surface area contributed by atoms with Crippen LogP contribution in [-0.4, -0.2) is 31.4 Å². The molecule has 176 valence electrons. The number of hydrogen-bond acceptors (Lipinski definition) is 5. The van der Waals surface area contributed by atoms with Gasteiger partial charge in [0.2, 0.25) is 10.0 Å². The number of nitrogens with one attached hydrogen (secondary N) is 1. The third-order valence-corrected chi connectivity index (χ3v) is 7.38. The summed E-state index contributed by atoms with van der Waals surface area (Å²) in [6.07, 6.45) is -3.74. The van der Waals surface area contributed by atoms with Gasteiger partial charge in [-0.2, -0.15) is 17.5 Å². The van der Waals surface area contributed by atoms with E-state index in [1.165, 1.54) is 28.6 Å². The minimum absolute atomic E-state index is 0.0793. The zero-order valence-electron chi connectivity index (χ0n) is 17.7. The maximum Gasteiger partial charge on any atom is 0.417 e. The van der Waals surface area contributed by atoms with Gasteiger partial charge in [-0.3, -0.25) is 0 Å². The zero-order chi connectivity index (χ0) is 24.2. The monoisotopic (exact) mass is 543 g/mol. The van der Waals surface area contributed by atoms with Gasteiger partial charge in [-0.15, -0.1) is 0 Å². The van der Waals surface area contributed by atoms with E-state index in [1.807, 2.05) is 0 Å². The fourth-order valence-electron chi connectivity index (χ4n) is 2.98. The molecule has 0 aliphatic heterocycles. The lowest BCUT2D eigenvalue weighted by Gasteiger charge is -2.21. The summed E-state index contributed by atoms with van der Waals surface area (Å²) in [6.45, 7) is 2.21. The first-order valence-corrected chi connectivity index (χ1v) is 12.0. The Labute approximate surface area is 198 Å². The van der Waals surface area contributed by atoms with Crippen molar-refractivity contribution in [2.75, 3.05) is 19.0 Å².